The second-order valence-electron chi connectivity index (χ2n) is 6.05. The van der Waals surface area contributed by atoms with E-state index >= 15 is 0 Å². The summed E-state index contributed by atoms with van der Waals surface area (Å²) in [6, 6.07) is 6.59. The molecule has 0 N–H and O–H groups in total. The maximum Gasteiger partial charge on any atom is 0.494 e. The van der Waals surface area contributed by atoms with Crippen LogP contribution >= 0.6 is 11.8 Å². The van der Waals surface area contributed by atoms with Gasteiger partial charge in [-0.1, -0.05) is 12.1 Å². The van der Waals surface area contributed by atoms with Gasteiger partial charge in [-0.25, -0.2) is 0 Å². The highest BCUT2D eigenvalue weighted by atomic mass is 32.2. The van der Waals surface area contributed by atoms with Crippen molar-refractivity contribution in [2.24, 2.45) is 0 Å². The number of rotatable bonds is 1. The molecule has 0 spiro atoms. The van der Waals surface area contributed by atoms with Crippen LogP contribution in [0, 0.1) is 0 Å². The molecule has 2 heterocycles. The molecule has 1 saturated heterocycles. The molecule has 0 aliphatic carbocycles. The van der Waals surface area contributed by atoms with E-state index in [1.807, 2.05) is 11.8 Å². The summed E-state index contributed by atoms with van der Waals surface area (Å²) < 4.78 is 12.2. The van der Waals surface area contributed by atoms with Crippen molar-refractivity contribution in [2.45, 2.75) is 50.2 Å². The van der Waals surface area contributed by atoms with Crippen molar-refractivity contribution in [1.29, 1.82) is 0 Å². The van der Waals surface area contributed by atoms with E-state index in [9.17, 15) is 0 Å². The Balaban J connectivity index is 1.89. The summed E-state index contributed by atoms with van der Waals surface area (Å²) in [4.78, 5) is 1.39. The molecule has 0 unspecified atom stereocenters. The van der Waals surface area contributed by atoms with Gasteiger partial charge in [0.2, 0.25) is 0 Å². The summed E-state index contributed by atoms with van der Waals surface area (Å²) in [6.45, 7) is 8.37. The quantitative estimate of drug-likeness (QED) is 0.725. The molecule has 1 aromatic rings. The van der Waals surface area contributed by atoms with Crippen molar-refractivity contribution in [1.82, 2.24) is 0 Å². The van der Waals surface area contributed by atoms with Crippen molar-refractivity contribution in [2.75, 3.05) is 5.75 Å². The molecule has 0 radical (unpaired) electrons. The lowest BCUT2D eigenvalue weighted by molar-refractivity contribution is 0.00578. The molecule has 1 aromatic carbocycles. The van der Waals surface area contributed by atoms with Crippen LogP contribution in [0.1, 0.15) is 33.3 Å². The van der Waals surface area contributed by atoms with Crippen molar-refractivity contribution in [3.05, 3.63) is 23.8 Å². The average Bonchev–Trinajstić information content (AvgIpc) is 2.80. The van der Waals surface area contributed by atoms with Gasteiger partial charge in [0.05, 0.1) is 11.2 Å². The molecule has 96 valence electrons. The second kappa shape index (κ2) is 4.02. The Morgan fingerprint density at radius 1 is 1.11 bits per heavy atom. The fourth-order valence-corrected chi connectivity index (χ4v) is 3.43. The van der Waals surface area contributed by atoms with E-state index < -0.39 is 0 Å². The molecular formula is C14H19BO2S. The molecule has 4 heteroatoms. The van der Waals surface area contributed by atoms with Crippen LogP contribution in [-0.2, 0) is 15.7 Å². The lowest BCUT2D eigenvalue weighted by atomic mass is 9.79. The van der Waals surface area contributed by atoms with Crippen LogP contribution in [-0.4, -0.2) is 24.1 Å². The van der Waals surface area contributed by atoms with Gasteiger partial charge in [-0.3, -0.25) is 0 Å². The highest BCUT2D eigenvalue weighted by Gasteiger charge is 2.51. The lowest BCUT2D eigenvalue weighted by Gasteiger charge is -2.32. The van der Waals surface area contributed by atoms with Gasteiger partial charge in [0.1, 0.15) is 0 Å². The smallest absolute Gasteiger partial charge is 0.399 e. The first kappa shape index (κ1) is 12.6. The van der Waals surface area contributed by atoms with Crippen LogP contribution in [0.25, 0.3) is 0 Å². The van der Waals surface area contributed by atoms with Crippen LogP contribution in [0.5, 0.6) is 0 Å². The van der Waals surface area contributed by atoms with Crippen LogP contribution in [0.2, 0.25) is 0 Å². The SMILES string of the molecule is CC1(C)OB(c2ccc3c(c2)SCC3)OC1(C)C. The van der Waals surface area contributed by atoms with Crippen molar-refractivity contribution in [3.63, 3.8) is 0 Å². The first-order valence-electron chi connectivity index (χ1n) is 6.50. The number of hydrogen-bond donors (Lipinski definition) is 0. The van der Waals surface area contributed by atoms with Gasteiger partial charge in [-0.15, -0.1) is 11.8 Å². The minimum atomic E-state index is -0.260. The standard InChI is InChI=1S/C14H19BO2S/c1-13(2)14(3,4)17-15(16-13)11-6-5-10-7-8-18-12(10)9-11/h5-6,9H,7-8H2,1-4H3. The first-order chi connectivity index (χ1) is 8.39. The molecule has 3 rings (SSSR count). The normalized spacial score (nSPS) is 24.3. The molecule has 0 amide bonds. The molecular weight excluding hydrogens is 243 g/mol. The summed E-state index contributed by atoms with van der Waals surface area (Å²) in [5.74, 6) is 1.20. The molecule has 2 aliphatic rings. The summed E-state index contributed by atoms with van der Waals surface area (Å²) in [6.07, 6.45) is 1.18. The van der Waals surface area contributed by atoms with Gasteiger partial charge in [0.15, 0.2) is 0 Å². The van der Waals surface area contributed by atoms with E-state index in [1.165, 1.54) is 22.6 Å². The highest BCUT2D eigenvalue weighted by molar-refractivity contribution is 7.99. The van der Waals surface area contributed by atoms with Crippen LogP contribution < -0.4 is 5.46 Å². The lowest BCUT2D eigenvalue weighted by Crippen LogP contribution is -2.41. The molecule has 2 nitrogen and oxygen atoms in total. The Labute approximate surface area is 114 Å². The van der Waals surface area contributed by atoms with E-state index in [4.69, 9.17) is 9.31 Å². The molecule has 2 aliphatic heterocycles. The molecule has 18 heavy (non-hydrogen) atoms. The van der Waals surface area contributed by atoms with E-state index in [0.29, 0.717) is 0 Å². The van der Waals surface area contributed by atoms with Gasteiger partial charge >= 0.3 is 7.12 Å². The molecule has 0 atom stereocenters. The summed E-state index contributed by atoms with van der Waals surface area (Å²) in [5.41, 5.74) is 2.08. The van der Waals surface area contributed by atoms with Gasteiger partial charge in [0.25, 0.3) is 0 Å². The maximum absolute atomic E-state index is 6.08. The van der Waals surface area contributed by atoms with E-state index in [1.54, 1.807) is 0 Å². The zero-order valence-corrected chi connectivity index (χ0v) is 12.3. The highest BCUT2D eigenvalue weighted by Crippen LogP contribution is 2.37. The van der Waals surface area contributed by atoms with Crippen molar-refractivity contribution < 1.29 is 9.31 Å². The van der Waals surface area contributed by atoms with Gasteiger partial charge < -0.3 is 9.31 Å². The van der Waals surface area contributed by atoms with E-state index in [0.717, 1.165) is 5.46 Å². The largest absolute Gasteiger partial charge is 0.494 e. The zero-order valence-electron chi connectivity index (χ0n) is 11.4. The van der Waals surface area contributed by atoms with E-state index in [2.05, 4.69) is 45.9 Å². The monoisotopic (exact) mass is 262 g/mol. The number of thioether (sulfide) groups is 1. The predicted octanol–water partition coefficient (Wildman–Crippen LogP) is 2.63. The van der Waals surface area contributed by atoms with Gasteiger partial charge in [0, 0.05) is 10.6 Å². The molecule has 0 bridgehead atoms. The number of aryl methyl sites for hydroxylation is 1. The topological polar surface area (TPSA) is 18.5 Å². The molecule has 1 fully saturated rings. The summed E-state index contributed by atoms with van der Waals surface area (Å²) in [7, 11) is -0.235. The molecule has 0 saturated carbocycles. The van der Waals surface area contributed by atoms with Crippen molar-refractivity contribution in [3.8, 4) is 0 Å². The number of hydrogen-bond acceptors (Lipinski definition) is 3. The Morgan fingerprint density at radius 2 is 1.78 bits per heavy atom. The fraction of sp³-hybridized carbons (Fsp3) is 0.571. The first-order valence-corrected chi connectivity index (χ1v) is 7.49. The predicted molar refractivity (Wildman–Crippen MR) is 76.6 cm³/mol. The maximum atomic E-state index is 6.08. The number of benzene rings is 1. The second-order valence-corrected chi connectivity index (χ2v) is 7.19. The van der Waals surface area contributed by atoms with Crippen molar-refractivity contribution >= 4 is 24.3 Å². The van der Waals surface area contributed by atoms with Crippen LogP contribution in [0.15, 0.2) is 23.1 Å². The number of fused-ring (bicyclic) bond motifs is 1. The Morgan fingerprint density at radius 3 is 2.44 bits per heavy atom. The van der Waals surface area contributed by atoms with Gasteiger partial charge in [-0.2, -0.15) is 0 Å². The average molecular weight is 262 g/mol. The van der Waals surface area contributed by atoms with Crippen LogP contribution in [0.4, 0.5) is 0 Å². The third-order valence-electron chi connectivity index (χ3n) is 4.25. The van der Waals surface area contributed by atoms with Crippen LogP contribution in [0.3, 0.4) is 0 Å². The fourth-order valence-electron chi connectivity index (χ4n) is 2.31. The Kier molecular flexibility index (Phi) is 2.81. The Bertz CT molecular complexity index is 469. The van der Waals surface area contributed by atoms with E-state index in [-0.39, 0.29) is 18.3 Å². The Hall–Kier alpha value is -0.445. The summed E-state index contributed by atoms with van der Waals surface area (Å²) in [5, 5.41) is 0. The molecule has 0 aromatic heterocycles. The minimum Gasteiger partial charge on any atom is -0.399 e. The third kappa shape index (κ3) is 1.91. The minimum absolute atomic E-state index is 0.235. The summed E-state index contributed by atoms with van der Waals surface area (Å²) >= 11 is 1.93. The van der Waals surface area contributed by atoms with Gasteiger partial charge in [-0.05, 0) is 51.2 Å². The zero-order chi connectivity index (χ0) is 13.0. The third-order valence-corrected chi connectivity index (χ3v) is 5.34.